The molecule has 7 heteroatoms. The first-order valence-corrected chi connectivity index (χ1v) is 12.4. The summed E-state index contributed by atoms with van der Waals surface area (Å²) in [7, 11) is 0. The summed E-state index contributed by atoms with van der Waals surface area (Å²) in [5.41, 5.74) is 7.93. The Morgan fingerprint density at radius 3 is 2.47 bits per heavy atom. The van der Waals surface area contributed by atoms with E-state index in [-0.39, 0.29) is 5.91 Å². The molecule has 0 atom stereocenters. The number of aromatic nitrogens is 1. The van der Waals surface area contributed by atoms with Gasteiger partial charge in [0.2, 0.25) is 0 Å². The molecule has 4 aromatic rings. The van der Waals surface area contributed by atoms with E-state index < -0.39 is 0 Å². The van der Waals surface area contributed by atoms with E-state index in [0.717, 1.165) is 34.0 Å². The number of carbonyl (C=O) groups is 1. The van der Waals surface area contributed by atoms with Crippen LogP contribution in [-0.2, 0) is 5.75 Å². The lowest BCUT2D eigenvalue weighted by molar-refractivity contribution is 0.0955. The number of hydrogen-bond donors (Lipinski definition) is 1. The molecular formula is C27H23Cl2N3OS. The molecule has 0 saturated carbocycles. The van der Waals surface area contributed by atoms with Gasteiger partial charge in [-0.05, 0) is 67.9 Å². The van der Waals surface area contributed by atoms with Crippen LogP contribution in [0.1, 0.15) is 32.9 Å². The molecule has 4 nitrogen and oxygen atoms in total. The summed E-state index contributed by atoms with van der Waals surface area (Å²) in [6, 6.07) is 25.2. The lowest BCUT2D eigenvalue weighted by atomic mass is 10.1. The van der Waals surface area contributed by atoms with Gasteiger partial charge in [-0.3, -0.25) is 4.79 Å². The molecule has 0 unspecified atom stereocenters. The summed E-state index contributed by atoms with van der Waals surface area (Å²) in [6.45, 7) is 3.96. The zero-order valence-corrected chi connectivity index (χ0v) is 21.1. The lowest BCUT2D eigenvalue weighted by Gasteiger charge is -2.12. The zero-order valence-electron chi connectivity index (χ0n) is 18.8. The van der Waals surface area contributed by atoms with Crippen molar-refractivity contribution in [3.05, 3.63) is 117 Å². The van der Waals surface area contributed by atoms with Crippen molar-refractivity contribution in [3.63, 3.8) is 0 Å². The molecule has 0 bridgehead atoms. The molecule has 172 valence electrons. The summed E-state index contributed by atoms with van der Waals surface area (Å²) in [5, 5.41) is 5.38. The van der Waals surface area contributed by atoms with Crippen molar-refractivity contribution in [2.75, 3.05) is 0 Å². The van der Waals surface area contributed by atoms with Crippen LogP contribution in [0.5, 0.6) is 0 Å². The average Bonchev–Trinajstić information content (AvgIpc) is 3.13. The van der Waals surface area contributed by atoms with Crippen molar-refractivity contribution in [2.45, 2.75) is 24.5 Å². The molecule has 3 aromatic carbocycles. The highest BCUT2D eigenvalue weighted by Gasteiger charge is 2.13. The van der Waals surface area contributed by atoms with Crippen LogP contribution in [0.2, 0.25) is 10.0 Å². The van der Waals surface area contributed by atoms with Gasteiger partial charge in [-0.1, -0.05) is 53.5 Å². The van der Waals surface area contributed by atoms with Crippen LogP contribution in [-0.4, -0.2) is 16.7 Å². The molecule has 0 saturated heterocycles. The molecule has 1 aromatic heterocycles. The Morgan fingerprint density at radius 2 is 1.74 bits per heavy atom. The highest BCUT2D eigenvalue weighted by Crippen LogP contribution is 2.28. The van der Waals surface area contributed by atoms with Crippen LogP contribution in [0.3, 0.4) is 0 Å². The Hall–Kier alpha value is -2.99. The molecule has 34 heavy (non-hydrogen) atoms. The van der Waals surface area contributed by atoms with Crippen LogP contribution in [0.25, 0.3) is 5.69 Å². The van der Waals surface area contributed by atoms with E-state index in [2.05, 4.69) is 22.7 Å². The number of nitrogens with zero attached hydrogens (tertiary/aromatic N) is 2. The van der Waals surface area contributed by atoms with Gasteiger partial charge in [-0.2, -0.15) is 5.10 Å². The van der Waals surface area contributed by atoms with E-state index in [4.69, 9.17) is 23.2 Å². The number of carbonyl (C=O) groups excluding carboxylic acids is 1. The molecule has 0 spiro atoms. The predicted molar refractivity (Wildman–Crippen MR) is 143 cm³/mol. The molecule has 0 aliphatic heterocycles. The van der Waals surface area contributed by atoms with Crippen molar-refractivity contribution in [1.82, 2.24) is 9.99 Å². The Kier molecular flexibility index (Phi) is 7.78. The van der Waals surface area contributed by atoms with Gasteiger partial charge in [-0.15, -0.1) is 11.8 Å². The van der Waals surface area contributed by atoms with Crippen molar-refractivity contribution in [1.29, 1.82) is 0 Å². The predicted octanol–water partition coefficient (Wildman–Crippen LogP) is 7.46. The van der Waals surface area contributed by atoms with Gasteiger partial charge in [0.25, 0.3) is 5.91 Å². The number of hydrazone groups is 1. The number of rotatable bonds is 7. The molecule has 0 fully saturated rings. The summed E-state index contributed by atoms with van der Waals surface area (Å²) in [4.78, 5) is 13.7. The van der Waals surface area contributed by atoms with E-state index in [1.165, 1.54) is 4.90 Å². The van der Waals surface area contributed by atoms with Crippen molar-refractivity contribution >= 4 is 47.1 Å². The monoisotopic (exact) mass is 507 g/mol. The molecule has 1 N–H and O–H groups in total. The number of amides is 1. The van der Waals surface area contributed by atoms with Gasteiger partial charge in [-0.25, -0.2) is 5.43 Å². The van der Waals surface area contributed by atoms with Gasteiger partial charge in [0.05, 0.1) is 16.9 Å². The molecule has 0 radical (unpaired) electrons. The zero-order chi connectivity index (χ0) is 24.1. The maximum atomic E-state index is 12.5. The van der Waals surface area contributed by atoms with Gasteiger partial charge < -0.3 is 4.57 Å². The first kappa shape index (κ1) is 24.1. The molecule has 1 amide bonds. The molecule has 0 aliphatic carbocycles. The van der Waals surface area contributed by atoms with Crippen LogP contribution in [0.15, 0.2) is 88.9 Å². The fourth-order valence-corrected chi connectivity index (χ4v) is 4.85. The summed E-state index contributed by atoms with van der Waals surface area (Å²) in [6.07, 6.45) is 1.64. The van der Waals surface area contributed by atoms with Crippen molar-refractivity contribution in [3.8, 4) is 5.69 Å². The van der Waals surface area contributed by atoms with Crippen molar-refractivity contribution < 1.29 is 4.79 Å². The largest absolute Gasteiger partial charge is 0.316 e. The number of nitrogens with one attached hydrogen (secondary N) is 1. The topological polar surface area (TPSA) is 46.4 Å². The second-order valence-electron chi connectivity index (χ2n) is 7.76. The van der Waals surface area contributed by atoms with Gasteiger partial charge >= 0.3 is 0 Å². The first-order valence-electron chi connectivity index (χ1n) is 10.7. The normalized spacial score (nSPS) is 11.2. The van der Waals surface area contributed by atoms with E-state index >= 15 is 0 Å². The molecule has 0 aliphatic rings. The smallest absolute Gasteiger partial charge is 0.271 e. The van der Waals surface area contributed by atoms with E-state index in [9.17, 15) is 4.79 Å². The van der Waals surface area contributed by atoms with E-state index in [0.29, 0.717) is 15.6 Å². The highest BCUT2D eigenvalue weighted by atomic mass is 35.5. The number of hydrogen-bond acceptors (Lipinski definition) is 3. The quantitative estimate of drug-likeness (QED) is 0.160. The number of halogens is 2. The molecule has 1 heterocycles. The van der Waals surface area contributed by atoms with Gasteiger partial charge in [0.15, 0.2) is 0 Å². The third kappa shape index (κ3) is 5.73. The maximum Gasteiger partial charge on any atom is 0.271 e. The van der Waals surface area contributed by atoms with E-state index in [1.54, 1.807) is 30.1 Å². The second-order valence-corrected chi connectivity index (χ2v) is 9.65. The van der Waals surface area contributed by atoms with Crippen LogP contribution >= 0.6 is 35.0 Å². The Bertz CT molecular complexity index is 1330. The van der Waals surface area contributed by atoms with Crippen LogP contribution < -0.4 is 5.43 Å². The van der Waals surface area contributed by atoms with Crippen LogP contribution in [0, 0.1) is 13.8 Å². The highest BCUT2D eigenvalue weighted by molar-refractivity contribution is 7.98. The Balaban J connectivity index is 1.40. The maximum absolute atomic E-state index is 12.5. The van der Waals surface area contributed by atoms with Crippen LogP contribution in [0.4, 0.5) is 0 Å². The summed E-state index contributed by atoms with van der Waals surface area (Å²) in [5.74, 6) is 0.585. The Labute approximate surface area is 213 Å². The number of benzene rings is 3. The van der Waals surface area contributed by atoms with Gasteiger partial charge in [0.1, 0.15) is 0 Å². The lowest BCUT2D eigenvalue weighted by Crippen LogP contribution is -2.17. The van der Waals surface area contributed by atoms with E-state index in [1.807, 2.05) is 73.0 Å². The third-order valence-corrected chi connectivity index (χ3v) is 6.99. The SMILES string of the molecule is Cc1cc(/C=N\NC(=O)c2ccc(CSc3ccccc3)cc2)c(C)n1-c1cc(Cl)ccc1Cl. The fourth-order valence-electron chi connectivity index (χ4n) is 3.61. The first-order chi connectivity index (χ1) is 16.4. The summed E-state index contributed by atoms with van der Waals surface area (Å²) >= 11 is 14.3. The average molecular weight is 508 g/mol. The number of aryl methyl sites for hydroxylation is 1. The van der Waals surface area contributed by atoms with Crippen molar-refractivity contribution in [2.24, 2.45) is 5.10 Å². The number of thioether (sulfide) groups is 1. The molecule has 4 rings (SSSR count). The molecular weight excluding hydrogens is 485 g/mol. The standard InChI is InChI=1S/C27H23Cl2N3OS/c1-18-14-22(19(2)32(18)26-15-23(28)12-13-25(26)29)16-30-31-27(33)21-10-8-20(9-11-21)17-34-24-6-4-3-5-7-24/h3-16H,17H2,1-2H3,(H,31,33)/b30-16-. The third-order valence-electron chi connectivity index (χ3n) is 5.35. The second kappa shape index (κ2) is 11.0. The minimum absolute atomic E-state index is 0.259. The minimum atomic E-state index is -0.259. The minimum Gasteiger partial charge on any atom is -0.316 e. The Morgan fingerprint density at radius 1 is 1.00 bits per heavy atom. The summed E-state index contributed by atoms with van der Waals surface area (Å²) < 4.78 is 2.02. The van der Waals surface area contributed by atoms with Gasteiger partial charge in [0, 0.05) is 38.2 Å². The fraction of sp³-hybridized carbons (Fsp3) is 0.111.